The molecule has 0 saturated heterocycles. The van der Waals surface area contributed by atoms with Crippen LogP contribution in [-0.4, -0.2) is 43.7 Å². The second-order valence-electron chi connectivity index (χ2n) is 4.90. The highest BCUT2D eigenvalue weighted by molar-refractivity contribution is 5.77. The van der Waals surface area contributed by atoms with E-state index in [1.165, 1.54) is 5.56 Å². The van der Waals surface area contributed by atoms with Crippen LogP contribution < -0.4 is 11.1 Å². The van der Waals surface area contributed by atoms with Crippen molar-refractivity contribution in [2.24, 2.45) is 5.73 Å². The molecule has 1 rings (SSSR count). The molecule has 1 aromatic carbocycles. The van der Waals surface area contributed by atoms with Crippen molar-refractivity contribution < 1.29 is 9.53 Å². The summed E-state index contributed by atoms with van der Waals surface area (Å²) < 4.78 is 5.08. The zero-order valence-electron chi connectivity index (χ0n) is 13.1. The maximum Gasteiger partial charge on any atom is 0.246 e. The molecule has 0 aliphatic heterocycles. The Labute approximate surface area is 127 Å². The fraction of sp³-hybridized carbons (Fsp3) is 0.562. The molecule has 5 heteroatoms. The lowest BCUT2D eigenvalue weighted by molar-refractivity contribution is -0.125. The predicted octanol–water partition coefficient (Wildman–Crippen LogP) is 1.12. The molecule has 5 nitrogen and oxygen atoms in total. The summed E-state index contributed by atoms with van der Waals surface area (Å²) >= 11 is 0. The van der Waals surface area contributed by atoms with Crippen LogP contribution in [0.15, 0.2) is 24.3 Å². The third kappa shape index (κ3) is 7.22. The SMILES string of the molecule is CCN(CC)Cc1ccc(CNC(=O)COCCN)cc1. The highest BCUT2D eigenvalue weighted by Crippen LogP contribution is 2.07. The third-order valence-electron chi connectivity index (χ3n) is 3.31. The van der Waals surface area contributed by atoms with E-state index < -0.39 is 0 Å². The number of amides is 1. The number of rotatable bonds is 10. The van der Waals surface area contributed by atoms with Gasteiger partial charge in [-0.15, -0.1) is 0 Å². The van der Waals surface area contributed by atoms with Gasteiger partial charge in [-0.25, -0.2) is 0 Å². The number of nitrogens with zero attached hydrogens (tertiary/aromatic N) is 1. The molecular weight excluding hydrogens is 266 g/mol. The lowest BCUT2D eigenvalue weighted by Crippen LogP contribution is -2.28. The number of ether oxygens (including phenoxy) is 1. The van der Waals surface area contributed by atoms with E-state index in [2.05, 4.69) is 48.3 Å². The molecule has 0 aliphatic carbocycles. The summed E-state index contributed by atoms with van der Waals surface area (Å²) in [5.41, 5.74) is 7.67. The molecule has 0 radical (unpaired) electrons. The van der Waals surface area contributed by atoms with Crippen LogP contribution in [0.4, 0.5) is 0 Å². The van der Waals surface area contributed by atoms with E-state index in [0.717, 1.165) is 25.2 Å². The first-order valence-corrected chi connectivity index (χ1v) is 7.54. The van der Waals surface area contributed by atoms with Gasteiger partial charge in [0.15, 0.2) is 0 Å². The van der Waals surface area contributed by atoms with Crippen molar-refractivity contribution in [1.29, 1.82) is 0 Å². The van der Waals surface area contributed by atoms with Gasteiger partial charge in [0.25, 0.3) is 0 Å². The van der Waals surface area contributed by atoms with Crippen LogP contribution in [0.1, 0.15) is 25.0 Å². The van der Waals surface area contributed by atoms with Crippen LogP contribution in [-0.2, 0) is 22.6 Å². The van der Waals surface area contributed by atoms with Crippen molar-refractivity contribution in [2.75, 3.05) is 32.8 Å². The van der Waals surface area contributed by atoms with Gasteiger partial charge in [-0.05, 0) is 24.2 Å². The molecule has 0 aliphatic rings. The molecule has 0 atom stereocenters. The topological polar surface area (TPSA) is 67.6 Å². The number of carbonyl (C=O) groups is 1. The number of nitrogens with one attached hydrogen (secondary N) is 1. The molecule has 0 unspecified atom stereocenters. The van der Waals surface area contributed by atoms with E-state index in [-0.39, 0.29) is 12.5 Å². The van der Waals surface area contributed by atoms with Gasteiger partial charge in [-0.3, -0.25) is 9.69 Å². The van der Waals surface area contributed by atoms with E-state index >= 15 is 0 Å². The summed E-state index contributed by atoms with van der Waals surface area (Å²) in [6.45, 7) is 8.84. The minimum absolute atomic E-state index is 0.0667. The van der Waals surface area contributed by atoms with Crippen LogP contribution in [0.5, 0.6) is 0 Å². The number of hydrogen-bond donors (Lipinski definition) is 2. The second kappa shape index (κ2) is 10.3. The lowest BCUT2D eigenvalue weighted by atomic mass is 10.1. The van der Waals surface area contributed by atoms with Gasteiger partial charge < -0.3 is 15.8 Å². The maximum absolute atomic E-state index is 11.5. The molecule has 1 aromatic rings. The molecule has 1 amide bonds. The number of nitrogens with two attached hydrogens (primary N) is 1. The Hall–Kier alpha value is -1.43. The van der Waals surface area contributed by atoms with Crippen molar-refractivity contribution in [3.05, 3.63) is 35.4 Å². The van der Waals surface area contributed by atoms with Crippen LogP contribution >= 0.6 is 0 Å². The first-order valence-electron chi connectivity index (χ1n) is 7.54. The monoisotopic (exact) mass is 293 g/mol. The van der Waals surface area contributed by atoms with E-state index in [0.29, 0.717) is 19.7 Å². The highest BCUT2D eigenvalue weighted by atomic mass is 16.5. The molecule has 0 heterocycles. The van der Waals surface area contributed by atoms with Crippen LogP contribution in [0.25, 0.3) is 0 Å². The average Bonchev–Trinajstić information content (AvgIpc) is 2.52. The maximum atomic E-state index is 11.5. The summed E-state index contributed by atoms with van der Waals surface area (Å²) in [6, 6.07) is 8.34. The van der Waals surface area contributed by atoms with Crippen LogP contribution in [0, 0.1) is 0 Å². The summed E-state index contributed by atoms with van der Waals surface area (Å²) in [5, 5.41) is 2.83. The van der Waals surface area contributed by atoms with Crippen LogP contribution in [0.3, 0.4) is 0 Å². The van der Waals surface area contributed by atoms with Gasteiger partial charge in [0.05, 0.1) is 6.61 Å². The average molecular weight is 293 g/mol. The van der Waals surface area contributed by atoms with Gasteiger partial charge in [0.1, 0.15) is 6.61 Å². The number of benzene rings is 1. The summed E-state index contributed by atoms with van der Waals surface area (Å²) in [5.74, 6) is -0.115. The van der Waals surface area contributed by atoms with Gasteiger partial charge >= 0.3 is 0 Å². The van der Waals surface area contributed by atoms with E-state index in [4.69, 9.17) is 10.5 Å². The molecule has 21 heavy (non-hydrogen) atoms. The largest absolute Gasteiger partial charge is 0.370 e. The zero-order chi connectivity index (χ0) is 15.5. The summed E-state index contributed by atoms with van der Waals surface area (Å²) in [4.78, 5) is 13.9. The quantitative estimate of drug-likeness (QED) is 0.634. The first kappa shape index (κ1) is 17.6. The Kier molecular flexibility index (Phi) is 8.66. The highest BCUT2D eigenvalue weighted by Gasteiger charge is 2.03. The standard InChI is InChI=1S/C16H27N3O2/c1-3-19(4-2)12-15-7-5-14(6-8-15)11-18-16(20)13-21-10-9-17/h5-8H,3-4,9-13,17H2,1-2H3,(H,18,20). The third-order valence-corrected chi connectivity index (χ3v) is 3.31. The van der Waals surface area contributed by atoms with Gasteiger partial charge in [0.2, 0.25) is 5.91 Å². The second-order valence-corrected chi connectivity index (χ2v) is 4.90. The van der Waals surface area contributed by atoms with Gasteiger partial charge in [0, 0.05) is 19.6 Å². The minimum atomic E-state index is -0.115. The van der Waals surface area contributed by atoms with Crippen molar-refractivity contribution >= 4 is 5.91 Å². The van der Waals surface area contributed by atoms with Crippen molar-refractivity contribution in [1.82, 2.24) is 10.2 Å². The Morgan fingerprint density at radius 2 is 1.81 bits per heavy atom. The first-order chi connectivity index (χ1) is 10.2. The molecule has 3 N–H and O–H groups in total. The van der Waals surface area contributed by atoms with Gasteiger partial charge in [-0.2, -0.15) is 0 Å². The minimum Gasteiger partial charge on any atom is -0.370 e. The van der Waals surface area contributed by atoms with E-state index in [9.17, 15) is 4.79 Å². The fourth-order valence-corrected chi connectivity index (χ4v) is 1.97. The Balaban J connectivity index is 2.35. The lowest BCUT2D eigenvalue weighted by Gasteiger charge is -2.18. The van der Waals surface area contributed by atoms with E-state index in [1.807, 2.05) is 0 Å². The van der Waals surface area contributed by atoms with Crippen molar-refractivity contribution in [3.8, 4) is 0 Å². The Morgan fingerprint density at radius 1 is 1.19 bits per heavy atom. The predicted molar refractivity (Wildman–Crippen MR) is 84.8 cm³/mol. The number of hydrogen-bond acceptors (Lipinski definition) is 4. The van der Waals surface area contributed by atoms with Crippen LogP contribution in [0.2, 0.25) is 0 Å². The molecule has 0 aromatic heterocycles. The number of carbonyl (C=O) groups excluding carboxylic acids is 1. The molecule has 0 spiro atoms. The zero-order valence-corrected chi connectivity index (χ0v) is 13.1. The fourth-order valence-electron chi connectivity index (χ4n) is 1.97. The molecule has 0 saturated carbocycles. The Bertz CT molecular complexity index is 402. The Morgan fingerprint density at radius 3 is 2.38 bits per heavy atom. The van der Waals surface area contributed by atoms with Gasteiger partial charge in [-0.1, -0.05) is 38.1 Å². The van der Waals surface area contributed by atoms with Crippen molar-refractivity contribution in [2.45, 2.75) is 26.9 Å². The molecular formula is C16H27N3O2. The summed E-state index contributed by atoms with van der Waals surface area (Å²) in [7, 11) is 0. The smallest absolute Gasteiger partial charge is 0.246 e. The van der Waals surface area contributed by atoms with E-state index in [1.54, 1.807) is 0 Å². The normalized spacial score (nSPS) is 10.9. The molecule has 118 valence electrons. The molecule has 0 fully saturated rings. The summed E-state index contributed by atoms with van der Waals surface area (Å²) in [6.07, 6.45) is 0. The molecule has 0 bridgehead atoms. The van der Waals surface area contributed by atoms with Crippen molar-refractivity contribution in [3.63, 3.8) is 0 Å².